The summed E-state index contributed by atoms with van der Waals surface area (Å²) in [5.74, 6) is 2.30. The average Bonchev–Trinajstić information content (AvgIpc) is 2.37. The van der Waals surface area contributed by atoms with E-state index in [1.54, 1.807) is 0 Å². The van der Waals surface area contributed by atoms with Crippen LogP contribution in [0.2, 0.25) is 0 Å². The third kappa shape index (κ3) is 2.76. The van der Waals surface area contributed by atoms with E-state index in [1.165, 1.54) is 25.1 Å². The Morgan fingerprint density at radius 3 is 2.73 bits per heavy atom. The standard InChI is InChI=1S/C10H18N4.H2O/c1-13(2)8-10-12-11-9-6-4-3-5-7-14(9)10;/h3-8H2,1-2H3;1H2. The molecule has 0 saturated heterocycles. The van der Waals surface area contributed by atoms with Crippen molar-refractivity contribution in [2.75, 3.05) is 14.1 Å². The maximum Gasteiger partial charge on any atom is 0.147 e. The number of fused-ring (bicyclic) bond motifs is 1. The van der Waals surface area contributed by atoms with Crippen molar-refractivity contribution in [1.82, 2.24) is 19.7 Å². The van der Waals surface area contributed by atoms with Crippen LogP contribution in [0, 0.1) is 0 Å². The number of hydrogen-bond donors (Lipinski definition) is 0. The molecule has 0 amide bonds. The van der Waals surface area contributed by atoms with Gasteiger partial charge in [-0.15, -0.1) is 10.2 Å². The van der Waals surface area contributed by atoms with Crippen molar-refractivity contribution >= 4 is 0 Å². The van der Waals surface area contributed by atoms with Crippen molar-refractivity contribution in [3.63, 3.8) is 0 Å². The smallest absolute Gasteiger partial charge is 0.147 e. The first-order chi connectivity index (χ1) is 6.77. The summed E-state index contributed by atoms with van der Waals surface area (Å²) in [7, 11) is 4.14. The van der Waals surface area contributed by atoms with Crippen LogP contribution in [0.25, 0.3) is 0 Å². The van der Waals surface area contributed by atoms with Crippen LogP contribution in [0.5, 0.6) is 0 Å². The van der Waals surface area contributed by atoms with Gasteiger partial charge in [0.1, 0.15) is 11.6 Å². The van der Waals surface area contributed by atoms with Gasteiger partial charge in [0.05, 0.1) is 6.54 Å². The van der Waals surface area contributed by atoms with E-state index in [1.807, 2.05) is 0 Å². The van der Waals surface area contributed by atoms with E-state index in [0.717, 1.165) is 25.3 Å². The van der Waals surface area contributed by atoms with Crippen LogP contribution in [0.15, 0.2) is 0 Å². The molecule has 86 valence electrons. The van der Waals surface area contributed by atoms with Gasteiger partial charge in [0.25, 0.3) is 0 Å². The number of nitrogens with zero attached hydrogens (tertiary/aromatic N) is 4. The van der Waals surface area contributed by atoms with E-state index in [2.05, 4.69) is 33.8 Å². The molecule has 1 aromatic rings. The molecule has 0 saturated carbocycles. The summed E-state index contributed by atoms with van der Waals surface area (Å²) in [4.78, 5) is 2.14. The van der Waals surface area contributed by atoms with Crippen molar-refractivity contribution in [3.05, 3.63) is 11.6 Å². The highest BCUT2D eigenvalue weighted by Crippen LogP contribution is 2.14. The predicted molar refractivity (Wildman–Crippen MR) is 58.6 cm³/mol. The molecular weight excluding hydrogens is 192 g/mol. The Hall–Kier alpha value is -0.940. The number of aryl methyl sites for hydroxylation is 1. The fourth-order valence-corrected chi connectivity index (χ4v) is 1.95. The van der Waals surface area contributed by atoms with Crippen molar-refractivity contribution < 1.29 is 5.48 Å². The Morgan fingerprint density at radius 1 is 1.20 bits per heavy atom. The van der Waals surface area contributed by atoms with E-state index in [-0.39, 0.29) is 5.48 Å². The molecule has 1 aliphatic rings. The van der Waals surface area contributed by atoms with Crippen molar-refractivity contribution in [2.24, 2.45) is 0 Å². The molecule has 0 spiro atoms. The second-order valence-corrected chi connectivity index (χ2v) is 4.23. The maximum absolute atomic E-state index is 4.26. The Bertz CT molecular complexity index is 308. The van der Waals surface area contributed by atoms with Crippen LogP contribution in [-0.4, -0.2) is 39.2 Å². The van der Waals surface area contributed by atoms with Gasteiger partial charge < -0.3 is 14.9 Å². The Kier molecular flexibility index (Phi) is 4.23. The summed E-state index contributed by atoms with van der Waals surface area (Å²) < 4.78 is 2.30. The van der Waals surface area contributed by atoms with Crippen molar-refractivity contribution in [3.8, 4) is 0 Å². The first-order valence-corrected chi connectivity index (χ1v) is 5.33. The topological polar surface area (TPSA) is 65.5 Å². The van der Waals surface area contributed by atoms with E-state index in [9.17, 15) is 0 Å². The molecule has 1 aliphatic heterocycles. The SMILES string of the molecule is CN(C)Cc1nnc2n1CCCCC2.O. The maximum atomic E-state index is 4.26. The summed E-state index contributed by atoms with van der Waals surface area (Å²) in [5, 5.41) is 8.51. The summed E-state index contributed by atoms with van der Waals surface area (Å²) in [5.41, 5.74) is 0. The van der Waals surface area contributed by atoms with Gasteiger partial charge >= 0.3 is 0 Å². The predicted octanol–water partition coefficient (Wildman–Crippen LogP) is 0.241. The van der Waals surface area contributed by atoms with Crippen LogP contribution in [0.1, 0.15) is 30.9 Å². The minimum Gasteiger partial charge on any atom is -0.412 e. The third-order valence-corrected chi connectivity index (χ3v) is 2.64. The van der Waals surface area contributed by atoms with Crippen molar-refractivity contribution in [2.45, 2.75) is 38.8 Å². The van der Waals surface area contributed by atoms with E-state index in [4.69, 9.17) is 0 Å². The normalized spacial score (nSPS) is 15.7. The zero-order valence-corrected chi connectivity index (χ0v) is 9.53. The quantitative estimate of drug-likeness (QED) is 0.705. The second kappa shape index (κ2) is 5.23. The minimum absolute atomic E-state index is 0. The molecule has 0 bridgehead atoms. The van der Waals surface area contributed by atoms with Gasteiger partial charge in [-0.05, 0) is 26.9 Å². The second-order valence-electron chi connectivity index (χ2n) is 4.23. The molecule has 0 atom stereocenters. The number of rotatable bonds is 2. The summed E-state index contributed by atoms with van der Waals surface area (Å²) in [6.07, 6.45) is 4.96. The highest BCUT2D eigenvalue weighted by atomic mass is 16.0. The Labute approximate surface area is 90.4 Å². The van der Waals surface area contributed by atoms with Gasteiger partial charge in [0.15, 0.2) is 0 Å². The minimum atomic E-state index is 0. The van der Waals surface area contributed by atoms with E-state index < -0.39 is 0 Å². The molecule has 2 rings (SSSR count). The third-order valence-electron chi connectivity index (χ3n) is 2.64. The zero-order chi connectivity index (χ0) is 9.97. The fourth-order valence-electron chi connectivity index (χ4n) is 1.95. The molecular formula is C10H20N4O. The van der Waals surface area contributed by atoms with Crippen LogP contribution in [-0.2, 0) is 19.5 Å². The van der Waals surface area contributed by atoms with Gasteiger partial charge in [-0.25, -0.2) is 0 Å². The average molecular weight is 212 g/mol. The summed E-state index contributed by atoms with van der Waals surface area (Å²) in [6.45, 7) is 2.00. The van der Waals surface area contributed by atoms with Crippen LogP contribution < -0.4 is 0 Å². The molecule has 0 fully saturated rings. The molecule has 2 N–H and O–H groups in total. The Morgan fingerprint density at radius 2 is 2.00 bits per heavy atom. The molecule has 0 unspecified atom stereocenters. The monoisotopic (exact) mass is 212 g/mol. The lowest BCUT2D eigenvalue weighted by molar-refractivity contribution is 0.378. The lowest BCUT2D eigenvalue weighted by Gasteiger charge is -2.10. The van der Waals surface area contributed by atoms with Crippen LogP contribution >= 0.6 is 0 Å². The van der Waals surface area contributed by atoms with Gasteiger partial charge in [-0.1, -0.05) is 6.42 Å². The van der Waals surface area contributed by atoms with Gasteiger partial charge in [0.2, 0.25) is 0 Å². The molecule has 5 heteroatoms. The van der Waals surface area contributed by atoms with Gasteiger partial charge in [-0.3, -0.25) is 0 Å². The Balaban J connectivity index is 0.00000112. The summed E-state index contributed by atoms with van der Waals surface area (Å²) >= 11 is 0. The zero-order valence-electron chi connectivity index (χ0n) is 9.53. The fraction of sp³-hybridized carbons (Fsp3) is 0.800. The molecule has 15 heavy (non-hydrogen) atoms. The number of hydrogen-bond acceptors (Lipinski definition) is 3. The number of aromatic nitrogens is 3. The van der Waals surface area contributed by atoms with E-state index in [0.29, 0.717) is 0 Å². The lowest BCUT2D eigenvalue weighted by atomic mass is 10.2. The molecule has 1 aromatic heterocycles. The van der Waals surface area contributed by atoms with Gasteiger partial charge in [0, 0.05) is 13.0 Å². The molecule has 0 aromatic carbocycles. The van der Waals surface area contributed by atoms with Gasteiger partial charge in [-0.2, -0.15) is 0 Å². The largest absolute Gasteiger partial charge is 0.412 e. The molecule has 5 nitrogen and oxygen atoms in total. The van der Waals surface area contributed by atoms with E-state index >= 15 is 0 Å². The first-order valence-electron chi connectivity index (χ1n) is 5.33. The van der Waals surface area contributed by atoms with Crippen molar-refractivity contribution in [1.29, 1.82) is 0 Å². The highest BCUT2D eigenvalue weighted by Gasteiger charge is 2.14. The first kappa shape index (κ1) is 12.1. The molecule has 0 aliphatic carbocycles. The lowest BCUT2D eigenvalue weighted by Crippen LogP contribution is -2.16. The highest BCUT2D eigenvalue weighted by molar-refractivity contribution is 4.97. The molecule has 2 heterocycles. The molecule has 0 radical (unpaired) electrons. The van der Waals surface area contributed by atoms with Crippen LogP contribution in [0.3, 0.4) is 0 Å². The summed E-state index contributed by atoms with van der Waals surface area (Å²) in [6, 6.07) is 0. The van der Waals surface area contributed by atoms with Crippen LogP contribution in [0.4, 0.5) is 0 Å².